The van der Waals surface area contributed by atoms with Gasteiger partial charge in [0.05, 0.1) is 5.69 Å². The Morgan fingerprint density at radius 1 is 1.14 bits per heavy atom. The van der Waals surface area contributed by atoms with Crippen LogP contribution in [-0.4, -0.2) is 26.1 Å². The van der Waals surface area contributed by atoms with E-state index >= 15 is 0 Å². The first-order valence-corrected chi connectivity index (χ1v) is 6.85. The molecule has 0 radical (unpaired) electrons. The molecule has 1 N–H and O–H groups in total. The quantitative estimate of drug-likeness (QED) is 0.805. The van der Waals surface area contributed by atoms with Crippen LogP contribution in [0.3, 0.4) is 0 Å². The highest BCUT2D eigenvalue weighted by atomic mass is 16.1. The average molecular weight is 293 g/mol. The first-order chi connectivity index (χ1) is 10.6. The molecule has 3 aromatic rings. The van der Waals surface area contributed by atoms with Gasteiger partial charge in [-0.2, -0.15) is 0 Å². The molecule has 0 saturated carbocycles. The van der Waals surface area contributed by atoms with Crippen molar-refractivity contribution in [3.05, 3.63) is 65.5 Å². The Labute approximate surface area is 127 Å². The lowest BCUT2D eigenvalue weighted by Crippen LogP contribution is -2.13. The summed E-state index contributed by atoms with van der Waals surface area (Å²) in [7, 11) is 0. The van der Waals surface area contributed by atoms with E-state index in [1.165, 1.54) is 11.0 Å². The van der Waals surface area contributed by atoms with Gasteiger partial charge in [-0.3, -0.25) is 4.79 Å². The van der Waals surface area contributed by atoms with Gasteiger partial charge in [0.1, 0.15) is 6.33 Å². The average Bonchev–Trinajstić information content (AvgIpc) is 3.04. The van der Waals surface area contributed by atoms with E-state index in [9.17, 15) is 4.79 Å². The molecule has 2 aromatic carbocycles. The number of benzene rings is 2. The van der Waals surface area contributed by atoms with Crippen molar-refractivity contribution in [1.82, 2.24) is 20.2 Å². The second kappa shape index (κ2) is 5.77. The van der Waals surface area contributed by atoms with E-state index in [0.29, 0.717) is 5.56 Å². The van der Waals surface area contributed by atoms with Crippen LogP contribution in [0.25, 0.3) is 5.69 Å². The summed E-state index contributed by atoms with van der Waals surface area (Å²) in [5.41, 5.74) is 4.29. The van der Waals surface area contributed by atoms with Crippen molar-refractivity contribution in [2.24, 2.45) is 0 Å². The summed E-state index contributed by atoms with van der Waals surface area (Å²) in [5, 5.41) is 13.9. The molecule has 0 saturated heterocycles. The van der Waals surface area contributed by atoms with Crippen LogP contribution in [0.5, 0.6) is 0 Å². The number of nitrogens with one attached hydrogen (secondary N) is 1. The summed E-state index contributed by atoms with van der Waals surface area (Å²) >= 11 is 0. The minimum absolute atomic E-state index is 0.165. The Bertz CT molecular complexity index is 811. The monoisotopic (exact) mass is 293 g/mol. The molecule has 0 fully saturated rings. The summed E-state index contributed by atoms with van der Waals surface area (Å²) in [6.07, 6.45) is 1.49. The summed E-state index contributed by atoms with van der Waals surface area (Å²) < 4.78 is 1.51. The van der Waals surface area contributed by atoms with E-state index in [1.54, 1.807) is 18.2 Å². The maximum absolute atomic E-state index is 12.4. The number of aromatic nitrogens is 4. The van der Waals surface area contributed by atoms with Gasteiger partial charge in [0.15, 0.2) is 0 Å². The van der Waals surface area contributed by atoms with Gasteiger partial charge in [-0.25, -0.2) is 4.68 Å². The molecule has 6 nitrogen and oxygen atoms in total. The van der Waals surface area contributed by atoms with Crippen molar-refractivity contribution in [2.45, 2.75) is 13.8 Å². The highest BCUT2D eigenvalue weighted by Crippen LogP contribution is 2.18. The molecule has 0 aliphatic rings. The van der Waals surface area contributed by atoms with Crippen LogP contribution in [0, 0.1) is 13.8 Å². The summed E-state index contributed by atoms with van der Waals surface area (Å²) in [6, 6.07) is 13.1. The van der Waals surface area contributed by atoms with Crippen LogP contribution < -0.4 is 5.32 Å². The molecule has 22 heavy (non-hydrogen) atoms. The van der Waals surface area contributed by atoms with E-state index < -0.39 is 0 Å². The van der Waals surface area contributed by atoms with Crippen LogP contribution in [0.1, 0.15) is 21.5 Å². The first kappa shape index (κ1) is 13.9. The minimum Gasteiger partial charge on any atom is -0.322 e. The fraction of sp³-hybridized carbons (Fsp3) is 0.125. The highest BCUT2D eigenvalue weighted by Gasteiger charge is 2.09. The zero-order chi connectivity index (χ0) is 15.5. The standard InChI is InChI=1S/C16H15N5O/c1-11-6-7-15(12(2)8-11)18-16(22)13-4-3-5-14(9-13)21-10-17-19-20-21/h3-10H,1-2H3,(H,18,22). The molecule has 1 amide bonds. The third-order valence-corrected chi connectivity index (χ3v) is 3.35. The highest BCUT2D eigenvalue weighted by molar-refractivity contribution is 6.04. The lowest BCUT2D eigenvalue weighted by molar-refractivity contribution is 0.102. The van der Waals surface area contributed by atoms with Gasteiger partial charge in [-0.1, -0.05) is 23.8 Å². The van der Waals surface area contributed by atoms with E-state index in [0.717, 1.165) is 22.5 Å². The minimum atomic E-state index is -0.165. The van der Waals surface area contributed by atoms with E-state index in [4.69, 9.17) is 0 Å². The van der Waals surface area contributed by atoms with Crippen molar-refractivity contribution < 1.29 is 4.79 Å². The molecule has 1 heterocycles. The second-order valence-corrected chi connectivity index (χ2v) is 5.08. The molecule has 6 heteroatoms. The molecule has 0 unspecified atom stereocenters. The maximum Gasteiger partial charge on any atom is 0.255 e. The lowest BCUT2D eigenvalue weighted by atomic mass is 10.1. The normalized spacial score (nSPS) is 10.5. The Balaban J connectivity index is 1.85. The molecule has 0 atom stereocenters. The second-order valence-electron chi connectivity index (χ2n) is 5.08. The fourth-order valence-corrected chi connectivity index (χ4v) is 2.22. The number of hydrogen-bond acceptors (Lipinski definition) is 4. The summed E-state index contributed by atoms with van der Waals surface area (Å²) in [6.45, 7) is 3.99. The van der Waals surface area contributed by atoms with Gasteiger partial charge in [0, 0.05) is 11.3 Å². The SMILES string of the molecule is Cc1ccc(NC(=O)c2cccc(-n3cnnn3)c2)c(C)c1. The topological polar surface area (TPSA) is 72.7 Å². The van der Waals surface area contributed by atoms with E-state index in [-0.39, 0.29) is 5.91 Å². The lowest BCUT2D eigenvalue weighted by Gasteiger charge is -2.10. The summed E-state index contributed by atoms with van der Waals surface area (Å²) in [5.74, 6) is -0.165. The van der Waals surface area contributed by atoms with Crippen molar-refractivity contribution in [2.75, 3.05) is 5.32 Å². The molecule has 3 rings (SSSR count). The van der Waals surface area contributed by atoms with Crippen LogP contribution in [0.15, 0.2) is 48.8 Å². The van der Waals surface area contributed by atoms with Crippen LogP contribution in [-0.2, 0) is 0 Å². The Kier molecular flexibility index (Phi) is 3.65. The Hall–Kier alpha value is -3.02. The van der Waals surface area contributed by atoms with Crippen LogP contribution in [0.2, 0.25) is 0 Å². The van der Waals surface area contributed by atoms with E-state index in [2.05, 4.69) is 20.8 Å². The van der Waals surface area contributed by atoms with Crippen molar-refractivity contribution >= 4 is 11.6 Å². The molecular weight excluding hydrogens is 278 g/mol. The number of aryl methyl sites for hydroxylation is 2. The molecule has 0 aliphatic heterocycles. The predicted octanol–water partition coefficient (Wildman–Crippen LogP) is 2.53. The largest absolute Gasteiger partial charge is 0.322 e. The predicted molar refractivity (Wildman–Crippen MR) is 83.0 cm³/mol. The molecule has 0 aliphatic carbocycles. The zero-order valence-corrected chi connectivity index (χ0v) is 12.3. The van der Waals surface area contributed by atoms with Gasteiger partial charge in [-0.05, 0) is 54.1 Å². The van der Waals surface area contributed by atoms with Gasteiger partial charge in [0.25, 0.3) is 5.91 Å². The number of carbonyl (C=O) groups excluding carboxylic acids is 1. The number of rotatable bonds is 3. The van der Waals surface area contributed by atoms with Crippen LogP contribution in [0.4, 0.5) is 5.69 Å². The third-order valence-electron chi connectivity index (χ3n) is 3.35. The van der Waals surface area contributed by atoms with Gasteiger partial charge >= 0.3 is 0 Å². The first-order valence-electron chi connectivity index (χ1n) is 6.85. The smallest absolute Gasteiger partial charge is 0.255 e. The molecule has 0 bridgehead atoms. The maximum atomic E-state index is 12.4. The van der Waals surface area contributed by atoms with Crippen molar-refractivity contribution in [1.29, 1.82) is 0 Å². The third kappa shape index (κ3) is 2.85. The number of amides is 1. The number of tetrazole rings is 1. The molecule has 1 aromatic heterocycles. The van der Waals surface area contributed by atoms with Gasteiger partial charge < -0.3 is 5.32 Å². The molecule has 0 spiro atoms. The Morgan fingerprint density at radius 3 is 2.73 bits per heavy atom. The fourth-order valence-electron chi connectivity index (χ4n) is 2.22. The molecular formula is C16H15N5O. The van der Waals surface area contributed by atoms with Crippen molar-refractivity contribution in [3.63, 3.8) is 0 Å². The number of carbonyl (C=O) groups is 1. The molecule has 110 valence electrons. The number of anilines is 1. The number of hydrogen-bond donors (Lipinski definition) is 1. The zero-order valence-electron chi connectivity index (χ0n) is 12.3. The van der Waals surface area contributed by atoms with Gasteiger partial charge in [0.2, 0.25) is 0 Å². The number of nitrogens with zero attached hydrogens (tertiary/aromatic N) is 4. The van der Waals surface area contributed by atoms with Gasteiger partial charge in [-0.15, -0.1) is 5.10 Å². The Morgan fingerprint density at radius 2 is 2.00 bits per heavy atom. The summed E-state index contributed by atoms with van der Waals surface area (Å²) in [4.78, 5) is 12.4. The van der Waals surface area contributed by atoms with Crippen molar-refractivity contribution in [3.8, 4) is 5.69 Å². The van der Waals surface area contributed by atoms with E-state index in [1.807, 2.05) is 38.1 Å². The van der Waals surface area contributed by atoms with Crippen LogP contribution >= 0.6 is 0 Å².